The molecule has 1 N–H and O–H groups in total. The lowest BCUT2D eigenvalue weighted by atomic mass is 10.1. The van der Waals surface area contributed by atoms with Crippen LogP contribution < -0.4 is 10.3 Å². The molecule has 0 spiro atoms. The molecule has 25 heavy (non-hydrogen) atoms. The molecule has 5 heteroatoms. The molecule has 128 valence electrons. The summed E-state index contributed by atoms with van der Waals surface area (Å²) >= 11 is 0. The van der Waals surface area contributed by atoms with Gasteiger partial charge >= 0.3 is 0 Å². The first-order valence-electron chi connectivity index (χ1n) is 8.57. The zero-order chi connectivity index (χ0) is 17.2. The summed E-state index contributed by atoms with van der Waals surface area (Å²) in [7, 11) is 1.65. The highest BCUT2D eigenvalue weighted by atomic mass is 16.5. The first-order chi connectivity index (χ1) is 12.2. The number of aromatic nitrogens is 2. The van der Waals surface area contributed by atoms with Crippen LogP contribution in [-0.2, 0) is 13.1 Å². The van der Waals surface area contributed by atoms with Crippen LogP contribution in [0, 0.1) is 0 Å². The van der Waals surface area contributed by atoms with Gasteiger partial charge in [0.15, 0.2) is 0 Å². The van der Waals surface area contributed by atoms with Crippen molar-refractivity contribution in [1.82, 2.24) is 14.9 Å². The molecule has 0 radical (unpaired) electrons. The molecule has 5 nitrogen and oxygen atoms in total. The van der Waals surface area contributed by atoms with Gasteiger partial charge in [-0.15, -0.1) is 0 Å². The lowest BCUT2D eigenvalue weighted by Gasteiger charge is -2.21. The van der Waals surface area contributed by atoms with Crippen LogP contribution in [0.1, 0.15) is 24.1 Å². The second kappa shape index (κ2) is 6.69. The lowest BCUT2D eigenvalue weighted by molar-refractivity contribution is 0.242. The molecular weight excluding hydrogens is 314 g/mol. The normalized spacial score (nSPS) is 14.2. The minimum Gasteiger partial charge on any atom is -0.497 e. The van der Waals surface area contributed by atoms with E-state index >= 15 is 0 Å². The second-order valence-electron chi connectivity index (χ2n) is 6.53. The number of pyridine rings is 2. The third-order valence-electron chi connectivity index (χ3n) is 4.66. The van der Waals surface area contributed by atoms with Gasteiger partial charge in [0.1, 0.15) is 5.75 Å². The summed E-state index contributed by atoms with van der Waals surface area (Å²) in [6.45, 7) is 1.39. The van der Waals surface area contributed by atoms with Gasteiger partial charge in [-0.1, -0.05) is 6.07 Å². The van der Waals surface area contributed by atoms with Crippen LogP contribution in [0.2, 0.25) is 0 Å². The van der Waals surface area contributed by atoms with Crippen LogP contribution in [0.15, 0.2) is 53.5 Å². The summed E-state index contributed by atoms with van der Waals surface area (Å²) in [5.74, 6) is 0.790. The van der Waals surface area contributed by atoms with Crippen molar-refractivity contribution in [1.29, 1.82) is 0 Å². The molecular formula is C20H21N3O2. The Balaban J connectivity index is 1.63. The van der Waals surface area contributed by atoms with Crippen molar-refractivity contribution in [3.05, 3.63) is 70.3 Å². The Kier molecular flexibility index (Phi) is 4.24. The molecule has 1 aliphatic rings. The van der Waals surface area contributed by atoms with Crippen molar-refractivity contribution in [2.75, 3.05) is 7.11 Å². The van der Waals surface area contributed by atoms with Gasteiger partial charge in [-0.05, 0) is 49.2 Å². The van der Waals surface area contributed by atoms with Gasteiger partial charge < -0.3 is 9.72 Å². The van der Waals surface area contributed by atoms with Crippen molar-refractivity contribution in [2.24, 2.45) is 0 Å². The summed E-state index contributed by atoms with van der Waals surface area (Å²) in [6, 6.07) is 14.2. The van der Waals surface area contributed by atoms with Crippen LogP contribution >= 0.6 is 0 Å². The number of ether oxygens (including phenoxy) is 1. The molecule has 2 aromatic heterocycles. The minimum atomic E-state index is -0.0238. The number of nitrogens with one attached hydrogen (secondary N) is 1. The fourth-order valence-corrected chi connectivity index (χ4v) is 3.15. The maximum Gasteiger partial charge on any atom is 0.252 e. The number of nitrogens with zero attached hydrogens (tertiary/aromatic N) is 2. The number of fused-ring (bicyclic) bond motifs is 1. The van der Waals surface area contributed by atoms with E-state index in [0.29, 0.717) is 12.6 Å². The third-order valence-corrected chi connectivity index (χ3v) is 4.66. The molecule has 3 aromatic rings. The molecule has 0 atom stereocenters. The number of H-pyrrole nitrogens is 1. The summed E-state index contributed by atoms with van der Waals surface area (Å²) in [5, 5.41) is 0.988. The van der Waals surface area contributed by atoms with Crippen LogP contribution in [-0.4, -0.2) is 28.0 Å². The predicted octanol–water partition coefficient (Wildman–Crippen LogP) is 3.10. The Bertz CT molecular complexity index is 933. The van der Waals surface area contributed by atoms with Gasteiger partial charge in [0.2, 0.25) is 0 Å². The van der Waals surface area contributed by atoms with E-state index in [0.717, 1.165) is 34.5 Å². The summed E-state index contributed by atoms with van der Waals surface area (Å²) in [5.41, 5.74) is 2.62. The average molecular weight is 335 g/mol. The molecule has 1 aliphatic carbocycles. The van der Waals surface area contributed by atoms with Gasteiger partial charge in [0.05, 0.1) is 12.8 Å². The van der Waals surface area contributed by atoms with E-state index in [1.165, 1.54) is 12.8 Å². The van der Waals surface area contributed by atoms with Crippen molar-refractivity contribution >= 4 is 10.9 Å². The van der Waals surface area contributed by atoms with E-state index in [1.54, 1.807) is 7.11 Å². The average Bonchev–Trinajstić information content (AvgIpc) is 3.47. The topological polar surface area (TPSA) is 58.2 Å². The quantitative estimate of drug-likeness (QED) is 0.752. The second-order valence-corrected chi connectivity index (χ2v) is 6.53. The van der Waals surface area contributed by atoms with Crippen molar-refractivity contribution in [3.63, 3.8) is 0 Å². The van der Waals surface area contributed by atoms with E-state index < -0.39 is 0 Å². The van der Waals surface area contributed by atoms with Crippen LogP contribution in [0.4, 0.5) is 0 Å². The number of aromatic amines is 1. The van der Waals surface area contributed by atoms with Gasteiger partial charge in [0.25, 0.3) is 5.56 Å². The first-order valence-corrected chi connectivity index (χ1v) is 8.57. The molecule has 4 rings (SSSR count). The Labute approximate surface area is 146 Å². The van der Waals surface area contributed by atoms with E-state index in [4.69, 9.17) is 4.74 Å². The highest BCUT2D eigenvalue weighted by molar-refractivity contribution is 5.80. The SMILES string of the molecule is COc1ccc2[nH]c(=O)c(CN(Cc3ccccn3)C3CC3)cc2c1. The molecule has 0 unspecified atom stereocenters. The fraction of sp³-hybridized carbons (Fsp3) is 0.300. The Morgan fingerprint density at radius 3 is 2.80 bits per heavy atom. The molecule has 1 saturated carbocycles. The highest BCUT2D eigenvalue weighted by Gasteiger charge is 2.29. The van der Waals surface area contributed by atoms with Crippen LogP contribution in [0.5, 0.6) is 5.75 Å². The van der Waals surface area contributed by atoms with Crippen molar-refractivity contribution in [3.8, 4) is 5.75 Å². The summed E-state index contributed by atoms with van der Waals surface area (Å²) in [6.07, 6.45) is 4.19. The summed E-state index contributed by atoms with van der Waals surface area (Å²) < 4.78 is 5.29. The van der Waals surface area contributed by atoms with Crippen molar-refractivity contribution in [2.45, 2.75) is 32.0 Å². The monoisotopic (exact) mass is 335 g/mol. The summed E-state index contributed by atoms with van der Waals surface area (Å²) in [4.78, 5) is 22.2. The number of hydrogen-bond acceptors (Lipinski definition) is 4. The zero-order valence-corrected chi connectivity index (χ0v) is 14.2. The number of benzene rings is 1. The van der Waals surface area contributed by atoms with E-state index in [2.05, 4.69) is 14.9 Å². The number of rotatable bonds is 6. The molecule has 1 aromatic carbocycles. The molecule has 0 saturated heterocycles. The van der Waals surface area contributed by atoms with E-state index in [9.17, 15) is 4.79 Å². The minimum absolute atomic E-state index is 0.0238. The fourth-order valence-electron chi connectivity index (χ4n) is 3.15. The van der Waals surface area contributed by atoms with E-state index in [1.807, 2.05) is 48.7 Å². The molecule has 0 amide bonds. The van der Waals surface area contributed by atoms with Gasteiger partial charge in [-0.25, -0.2) is 0 Å². The number of hydrogen-bond donors (Lipinski definition) is 1. The maximum atomic E-state index is 12.5. The maximum absolute atomic E-state index is 12.5. The predicted molar refractivity (Wildman–Crippen MR) is 97.6 cm³/mol. The molecule has 1 fully saturated rings. The standard InChI is InChI=1S/C20H21N3O2/c1-25-18-7-8-19-14(11-18)10-15(20(24)22-19)12-23(17-5-6-17)13-16-4-2-3-9-21-16/h2-4,7-11,17H,5-6,12-13H2,1H3,(H,22,24). The van der Waals surface area contributed by atoms with Crippen LogP contribution in [0.25, 0.3) is 10.9 Å². The van der Waals surface area contributed by atoms with Gasteiger partial charge in [-0.3, -0.25) is 14.7 Å². The lowest BCUT2D eigenvalue weighted by Crippen LogP contribution is -2.28. The Morgan fingerprint density at radius 2 is 2.08 bits per heavy atom. The van der Waals surface area contributed by atoms with Crippen LogP contribution in [0.3, 0.4) is 0 Å². The number of methoxy groups -OCH3 is 1. The van der Waals surface area contributed by atoms with E-state index in [-0.39, 0.29) is 5.56 Å². The zero-order valence-electron chi connectivity index (χ0n) is 14.2. The molecule has 0 aliphatic heterocycles. The first kappa shape index (κ1) is 15.8. The van der Waals surface area contributed by atoms with Gasteiger partial charge in [0, 0.05) is 41.8 Å². The van der Waals surface area contributed by atoms with Crippen molar-refractivity contribution < 1.29 is 4.74 Å². The van der Waals surface area contributed by atoms with Gasteiger partial charge in [-0.2, -0.15) is 0 Å². The Morgan fingerprint density at radius 1 is 1.20 bits per heavy atom. The smallest absolute Gasteiger partial charge is 0.252 e. The molecule has 0 bridgehead atoms. The third kappa shape index (κ3) is 3.56. The highest BCUT2D eigenvalue weighted by Crippen LogP contribution is 2.29. The Hall–Kier alpha value is -2.66. The largest absolute Gasteiger partial charge is 0.497 e. The molecule has 2 heterocycles.